The fourth-order valence-electron chi connectivity index (χ4n) is 4.31. The predicted molar refractivity (Wildman–Crippen MR) is 77.0 cm³/mol. The highest BCUT2D eigenvalue weighted by molar-refractivity contribution is 7.91. The topological polar surface area (TPSA) is 49.4 Å². The lowest BCUT2D eigenvalue weighted by molar-refractivity contribution is 0.161. The van der Waals surface area contributed by atoms with Crippen molar-refractivity contribution in [2.75, 3.05) is 19.3 Å². The van der Waals surface area contributed by atoms with Crippen LogP contribution in [0.2, 0.25) is 0 Å². The van der Waals surface area contributed by atoms with E-state index in [1.165, 1.54) is 45.0 Å². The second-order valence-electron chi connectivity index (χ2n) is 6.63. The Morgan fingerprint density at radius 2 is 1.89 bits per heavy atom. The molecule has 0 aromatic rings. The molecule has 1 aliphatic carbocycles. The molecule has 3 aliphatic rings. The van der Waals surface area contributed by atoms with Crippen LogP contribution in [0.3, 0.4) is 0 Å². The fourth-order valence-corrected chi connectivity index (χ4v) is 5.71. The molecule has 1 saturated carbocycles. The van der Waals surface area contributed by atoms with Gasteiger partial charge in [-0.25, -0.2) is 8.42 Å². The number of rotatable bonds is 3. The molecule has 2 saturated heterocycles. The molecular weight excluding hydrogens is 260 g/mol. The molecule has 0 amide bonds. The van der Waals surface area contributed by atoms with E-state index in [2.05, 4.69) is 10.2 Å². The van der Waals surface area contributed by atoms with Crippen LogP contribution in [0.25, 0.3) is 0 Å². The zero-order valence-electron chi connectivity index (χ0n) is 11.8. The Bertz CT molecular complexity index is 423. The van der Waals surface area contributed by atoms with Crippen LogP contribution in [0.1, 0.15) is 44.9 Å². The molecule has 2 aliphatic heterocycles. The number of nitrogens with zero attached hydrogens (tertiary/aromatic N) is 1. The molecule has 0 radical (unpaired) electrons. The standard InChI is InChI=1S/C14H26N2O2S/c1-19(17,18)14-6-2-5-13(14)15-11-7-9-16-8-3-4-12(16)10-11/h11-15H,2-10H2,1H3. The van der Waals surface area contributed by atoms with Crippen molar-refractivity contribution in [3.8, 4) is 0 Å². The predicted octanol–water partition coefficient (Wildman–Crippen LogP) is 1.17. The van der Waals surface area contributed by atoms with Crippen molar-refractivity contribution in [1.29, 1.82) is 0 Å². The van der Waals surface area contributed by atoms with Gasteiger partial charge in [-0.15, -0.1) is 0 Å². The molecule has 110 valence electrons. The van der Waals surface area contributed by atoms with Gasteiger partial charge in [0, 0.05) is 24.4 Å². The summed E-state index contributed by atoms with van der Waals surface area (Å²) in [6, 6.07) is 1.49. The van der Waals surface area contributed by atoms with Crippen LogP contribution < -0.4 is 5.32 Å². The molecule has 4 nitrogen and oxygen atoms in total. The van der Waals surface area contributed by atoms with Gasteiger partial charge in [0.2, 0.25) is 0 Å². The van der Waals surface area contributed by atoms with Gasteiger partial charge in [-0.2, -0.15) is 0 Å². The van der Waals surface area contributed by atoms with Gasteiger partial charge in [0.05, 0.1) is 5.25 Å². The third-order valence-electron chi connectivity index (χ3n) is 5.27. The summed E-state index contributed by atoms with van der Waals surface area (Å²) in [7, 11) is -2.89. The maximum absolute atomic E-state index is 11.8. The summed E-state index contributed by atoms with van der Waals surface area (Å²) in [6.07, 6.45) is 9.40. The first-order valence-electron chi connectivity index (χ1n) is 7.73. The van der Waals surface area contributed by atoms with Crippen LogP contribution >= 0.6 is 0 Å². The molecule has 0 bridgehead atoms. The number of piperidine rings is 1. The van der Waals surface area contributed by atoms with E-state index in [4.69, 9.17) is 0 Å². The normalized spacial score (nSPS) is 40.5. The number of sulfone groups is 1. The van der Waals surface area contributed by atoms with Crippen molar-refractivity contribution in [1.82, 2.24) is 10.2 Å². The van der Waals surface area contributed by atoms with Gasteiger partial charge in [-0.1, -0.05) is 6.42 Å². The SMILES string of the molecule is CS(=O)(=O)C1CCCC1NC1CCN2CCCC2C1. The fraction of sp³-hybridized carbons (Fsp3) is 1.00. The number of nitrogens with one attached hydrogen (secondary N) is 1. The average molecular weight is 286 g/mol. The van der Waals surface area contributed by atoms with Crippen LogP contribution in [-0.4, -0.2) is 56.0 Å². The monoisotopic (exact) mass is 286 g/mol. The number of hydrogen-bond donors (Lipinski definition) is 1. The highest BCUT2D eigenvalue weighted by Crippen LogP contribution is 2.30. The van der Waals surface area contributed by atoms with Crippen LogP contribution in [0.4, 0.5) is 0 Å². The number of fused-ring (bicyclic) bond motifs is 1. The second-order valence-corrected chi connectivity index (χ2v) is 8.89. The Morgan fingerprint density at radius 3 is 2.68 bits per heavy atom. The molecule has 2 heterocycles. The smallest absolute Gasteiger partial charge is 0.151 e. The van der Waals surface area contributed by atoms with Crippen LogP contribution in [0, 0.1) is 0 Å². The second kappa shape index (κ2) is 5.34. The highest BCUT2D eigenvalue weighted by Gasteiger charge is 2.38. The summed E-state index contributed by atoms with van der Waals surface area (Å²) in [5, 5.41) is 3.54. The summed E-state index contributed by atoms with van der Waals surface area (Å²) in [5.41, 5.74) is 0. The van der Waals surface area contributed by atoms with Crippen molar-refractivity contribution in [2.45, 2.75) is 68.3 Å². The minimum absolute atomic E-state index is 0.144. The summed E-state index contributed by atoms with van der Waals surface area (Å²) in [5.74, 6) is 0. The molecule has 3 fully saturated rings. The Kier molecular flexibility index (Phi) is 3.89. The van der Waals surface area contributed by atoms with Crippen molar-refractivity contribution in [3.05, 3.63) is 0 Å². The molecule has 3 rings (SSSR count). The Balaban J connectivity index is 1.59. The lowest BCUT2D eigenvalue weighted by Crippen LogP contribution is -2.51. The summed E-state index contributed by atoms with van der Waals surface area (Å²) in [4.78, 5) is 2.61. The van der Waals surface area contributed by atoms with Gasteiger partial charge in [0.15, 0.2) is 9.84 Å². The van der Waals surface area contributed by atoms with Crippen LogP contribution in [0.15, 0.2) is 0 Å². The number of hydrogen-bond acceptors (Lipinski definition) is 4. The Labute approximate surface area is 116 Å². The van der Waals surface area contributed by atoms with E-state index in [0.717, 1.165) is 25.3 Å². The van der Waals surface area contributed by atoms with Crippen molar-refractivity contribution in [2.24, 2.45) is 0 Å². The lowest BCUT2D eigenvalue weighted by Gasteiger charge is -2.37. The third kappa shape index (κ3) is 2.98. The highest BCUT2D eigenvalue weighted by atomic mass is 32.2. The summed E-state index contributed by atoms with van der Waals surface area (Å²) < 4.78 is 23.6. The minimum Gasteiger partial charge on any atom is -0.310 e. The lowest BCUT2D eigenvalue weighted by atomic mass is 9.96. The van der Waals surface area contributed by atoms with Gasteiger partial charge < -0.3 is 10.2 Å². The van der Waals surface area contributed by atoms with Crippen molar-refractivity contribution in [3.63, 3.8) is 0 Å². The van der Waals surface area contributed by atoms with E-state index >= 15 is 0 Å². The van der Waals surface area contributed by atoms with Gasteiger partial charge in [0.25, 0.3) is 0 Å². The molecule has 0 aromatic heterocycles. The van der Waals surface area contributed by atoms with Crippen LogP contribution in [-0.2, 0) is 9.84 Å². The molecule has 4 atom stereocenters. The Hall–Kier alpha value is -0.130. The summed E-state index contributed by atoms with van der Waals surface area (Å²) in [6.45, 7) is 2.46. The van der Waals surface area contributed by atoms with E-state index < -0.39 is 9.84 Å². The van der Waals surface area contributed by atoms with E-state index in [1.54, 1.807) is 0 Å². The molecular formula is C14H26N2O2S. The van der Waals surface area contributed by atoms with Crippen molar-refractivity contribution >= 4 is 9.84 Å². The Morgan fingerprint density at radius 1 is 1.05 bits per heavy atom. The molecule has 4 unspecified atom stereocenters. The maximum atomic E-state index is 11.8. The maximum Gasteiger partial charge on any atom is 0.151 e. The van der Waals surface area contributed by atoms with Gasteiger partial charge in [0.1, 0.15) is 0 Å². The minimum atomic E-state index is -2.89. The molecule has 0 spiro atoms. The van der Waals surface area contributed by atoms with E-state index in [-0.39, 0.29) is 11.3 Å². The summed E-state index contributed by atoms with van der Waals surface area (Å²) >= 11 is 0. The molecule has 1 N–H and O–H groups in total. The molecule has 5 heteroatoms. The quantitative estimate of drug-likeness (QED) is 0.846. The first-order chi connectivity index (χ1) is 9.04. The van der Waals surface area contributed by atoms with E-state index in [0.29, 0.717) is 6.04 Å². The zero-order valence-corrected chi connectivity index (χ0v) is 12.7. The molecule has 19 heavy (non-hydrogen) atoms. The van der Waals surface area contributed by atoms with E-state index in [1.807, 2.05) is 0 Å². The zero-order chi connectivity index (χ0) is 13.5. The first-order valence-corrected chi connectivity index (χ1v) is 9.68. The van der Waals surface area contributed by atoms with E-state index in [9.17, 15) is 8.42 Å². The largest absolute Gasteiger partial charge is 0.310 e. The van der Waals surface area contributed by atoms with Gasteiger partial charge in [-0.05, 0) is 51.6 Å². The first kappa shape index (κ1) is 13.8. The third-order valence-corrected chi connectivity index (χ3v) is 6.94. The average Bonchev–Trinajstić information content (AvgIpc) is 2.95. The van der Waals surface area contributed by atoms with Crippen LogP contribution in [0.5, 0.6) is 0 Å². The van der Waals surface area contributed by atoms with Gasteiger partial charge in [-0.3, -0.25) is 0 Å². The molecule has 0 aromatic carbocycles. The van der Waals surface area contributed by atoms with Gasteiger partial charge >= 0.3 is 0 Å². The van der Waals surface area contributed by atoms with Crippen molar-refractivity contribution < 1.29 is 8.42 Å².